The first-order valence-corrected chi connectivity index (χ1v) is 8.73. The summed E-state index contributed by atoms with van der Waals surface area (Å²) in [6.45, 7) is 9.09. The van der Waals surface area contributed by atoms with E-state index in [9.17, 15) is 9.59 Å². The van der Waals surface area contributed by atoms with Crippen LogP contribution in [0.25, 0.3) is 0 Å². The number of carbonyl (C=O) groups is 2. The zero-order valence-corrected chi connectivity index (χ0v) is 15.8. The Morgan fingerprint density at radius 2 is 1.58 bits per heavy atom. The lowest BCUT2D eigenvalue weighted by atomic mass is 9.86. The molecule has 0 atom stereocenters. The fraction of sp³-hybridized carbons (Fsp3) is 0.333. The summed E-state index contributed by atoms with van der Waals surface area (Å²) in [5.41, 5.74) is 9.27. The van der Waals surface area contributed by atoms with Crippen molar-refractivity contribution in [1.82, 2.24) is 5.32 Å². The zero-order valence-electron chi connectivity index (χ0n) is 15.8. The molecule has 2 amide bonds. The standard InChI is InChI=1S/C21H27N3O2/c1-14-13-16(19(25)23-12-11-22)7-10-18(14)24-20(26)15-5-8-17(9-6-15)21(2,3)4/h5-10,13H,11-12,22H2,1-4H3,(H,23,25)(H,24,26). The van der Waals surface area contributed by atoms with Crippen molar-refractivity contribution in [2.75, 3.05) is 18.4 Å². The van der Waals surface area contributed by atoms with E-state index >= 15 is 0 Å². The van der Waals surface area contributed by atoms with Crippen LogP contribution in [0.3, 0.4) is 0 Å². The van der Waals surface area contributed by atoms with Gasteiger partial charge in [0.25, 0.3) is 11.8 Å². The average molecular weight is 353 g/mol. The number of carbonyl (C=O) groups excluding carboxylic acids is 2. The fourth-order valence-electron chi connectivity index (χ4n) is 2.55. The summed E-state index contributed by atoms with van der Waals surface area (Å²) in [7, 11) is 0. The Morgan fingerprint density at radius 3 is 2.12 bits per heavy atom. The first-order chi connectivity index (χ1) is 12.2. The number of nitrogens with two attached hydrogens (primary N) is 1. The fourth-order valence-corrected chi connectivity index (χ4v) is 2.55. The molecule has 0 saturated carbocycles. The number of nitrogens with one attached hydrogen (secondary N) is 2. The van der Waals surface area contributed by atoms with E-state index in [4.69, 9.17) is 5.73 Å². The van der Waals surface area contributed by atoms with Crippen molar-refractivity contribution in [3.63, 3.8) is 0 Å². The van der Waals surface area contributed by atoms with Crippen LogP contribution in [0.1, 0.15) is 52.6 Å². The highest BCUT2D eigenvalue weighted by atomic mass is 16.2. The van der Waals surface area contributed by atoms with E-state index in [1.54, 1.807) is 18.2 Å². The molecule has 2 rings (SSSR count). The second-order valence-corrected chi connectivity index (χ2v) is 7.36. The third-order valence-electron chi connectivity index (χ3n) is 4.18. The van der Waals surface area contributed by atoms with Gasteiger partial charge in [-0.2, -0.15) is 0 Å². The van der Waals surface area contributed by atoms with Crippen molar-refractivity contribution in [3.8, 4) is 0 Å². The van der Waals surface area contributed by atoms with E-state index in [1.165, 1.54) is 5.56 Å². The zero-order chi connectivity index (χ0) is 19.3. The Balaban J connectivity index is 2.10. The Bertz CT molecular complexity index is 790. The molecule has 2 aromatic carbocycles. The van der Waals surface area contributed by atoms with Crippen molar-refractivity contribution in [3.05, 3.63) is 64.7 Å². The molecule has 5 heteroatoms. The molecule has 4 N–H and O–H groups in total. The molecule has 26 heavy (non-hydrogen) atoms. The number of aryl methyl sites for hydroxylation is 1. The molecule has 0 aliphatic carbocycles. The minimum absolute atomic E-state index is 0.0475. The average Bonchev–Trinajstić information content (AvgIpc) is 2.60. The Morgan fingerprint density at radius 1 is 0.962 bits per heavy atom. The highest BCUT2D eigenvalue weighted by Gasteiger charge is 2.15. The van der Waals surface area contributed by atoms with E-state index in [-0.39, 0.29) is 17.2 Å². The molecule has 0 spiro atoms. The van der Waals surface area contributed by atoms with Gasteiger partial charge in [-0.3, -0.25) is 9.59 Å². The van der Waals surface area contributed by atoms with E-state index in [0.717, 1.165) is 5.56 Å². The van der Waals surface area contributed by atoms with Crippen molar-refractivity contribution in [1.29, 1.82) is 0 Å². The van der Waals surface area contributed by atoms with Crippen molar-refractivity contribution in [2.45, 2.75) is 33.1 Å². The lowest BCUT2D eigenvalue weighted by Crippen LogP contribution is -2.29. The van der Waals surface area contributed by atoms with Gasteiger partial charge >= 0.3 is 0 Å². The summed E-state index contributed by atoms with van der Waals surface area (Å²) in [4.78, 5) is 24.5. The molecule has 138 valence electrons. The highest BCUT2D eigenvalue weighted by molar-refractivity contribution is 6.05. The van der Waals surface area contributed by atoms with Crippen molar-refractivity contribution >= 4 is 17.5 Å². The van der Waals surface area contributed by atoms with Gasteiger partial charge in [-0.1, -0.05) is 32.9 Å². The number of benzene rings is 2. The van der Waals surface area contributed by atoms with E-state index < -0.39 is 0 Å². The number of hydrogen-bond acceptors (Lipinski definition) is 3. The normalized spacial score (nSPS) is 11.1. The van der Waals surface area contributed by atoms with Gasteiger partial charge in [0.1, 0.15) is 0 Å². The van der Waals surface area contributed by atoms with Gasteiger partial charge in [0.05, 0.1) is 0 Å². The van der Waals surface area contributed by atoms with Crippen LogP contribution < -0.4 is 16.4 Å². The van der Waals surface area contributed by atoms with E-state index in [0.29, 0.717) is 29.9 Å². The summed E-state index contributed by atoms with van der Waals surface area (Å²) in [5.74, 6) is -0.344. The van der Waals surface area contributed by atoms with E-state index in [1.807, 2.05) is 31.2 Å². The second kappa shape index (κ2) is 8.15. The van der Waals surface area contributed by atoms with Crippen LogP contribution in [0.5, 0.6) is 0 Å². The van der Waals surface area contributed by atoms with Gasteiger partial charge in [-0.15, -0.1) is 0 Å². The molecule has 2 aromatic rings. The quantitative estimate of drug-likeness (QED) is 0.771. The van der Waals surface area contributed by atoms with Crippen LogP contribution in [0, 0.1) is 6.92 Å². The van der Waals surface area contributed by atoms with Crippen LogP contribution in [0.4, 0.5) is 5.69 Å². The van der Waals surface area contributed by atoms with Crippen LogP contribution in [-0.2, 0) is 5.41 Å². The Labute approximate surface area is 155 Å². The van der Waals surface area contributed by atoms with Crippen LogP contribution in [0.15, 0.2) is 42.5 Å². The highest BCUT2D eigenvalue weighted by Crippen LogP contribution is 2.23. The van der Waals surface area contributed by atoms with Gasteiger partial charge in [0.15, 0.2) is 0 Å². The molecule has 0 unspecified atom stereocenters. The van der Waals surface area contributed by atoms with E-state index in [2.05, 4.69) is 31.4 Å². The summed E-state index contributed by atoms with van der Waals surface area (Å²) in [5, 5.41) is 5.63. The Kier molecular flexibility index (Phi) is 6.16. The summed E-state index contributed by atoms with van der Waals surface area (Å²) in [6.07, 6.45) is 0. The number of anilines is 1. The molecule has 0 aromatic heterocycles. The second-order valence-electron chi connectivity index (χ2n) is 7.36. The van der Waals surface area contributed by atoms with Gasteiger partial charge in [-0.25, -0.2) is 0 Å². The van der Waals surface area contributed by atoms with Gasteiger partial charge in [-0.05, 0) is 53.8 Å². The molecule has 0 fully saturated rings. The molecular formula is C21H27N3O2. The van der Waals surface area contributed by atoms with Crippen LogP contribution in [0.2, 0.25) is 0 Å². The first kappa shape index (κ1) is 19.7. The molecular weight excluding hydrogens is 326 g/mol. The topological polar surface area (TPSA) is 84.2 Å². The number of hydrogen-bond donors (Lipinski definition) is 3. The smallest absolute Gasteiger partial charge is 0.255 e. The predicted octanol–water partition coefficient (Wildman–Crippen LogP) is 3.23. The van der Waals surface area contributed by atoms with Gasteiger partial charge < -0.3 is 16.4 Å². The molecule has 0 saturated heterocycles. The third-order valence-corrected chi connectivity index (χ3v) is 4.18. The summed E-state index contributed by atoms with van der Waals surface area (Å²) >= 11 is 0. The maximum Gasteiger partial charge on any atom is 0.255 e. The van der Waals surface area contributed by atoms with Crippen LogP contribution in [-0.4, -0.2) is 24.9 Å². The largest absolute Gasteiger partial charge is 0.351 e. The molecule has 0 heterocycles. The molecule has 0 aliphatic heterocycles. The molecule has 0 bridgehead atoms. The molecule has 0 aliphatic rings. The minimum atomic E-state index is -0.172. The molecule has 5 nitrogen and oxygen atoms in total. The molecule has 0 radical (unpaired) electrons. The third kappa shape index (κ3) is 4.92. The first-order valence-electron chi connectivity index (χ1n) is 8.73. The van der Waals surface area contributed by atoms with Crippen LogP contribution >= 0.6 is 0 Å². The van der Waals surface area contributed by atoms with Gasteiger partial charge in [0.2, 0.25) is 0 Å². The predicted molar refractivity (Wildman–Crippen MR) is 106 cm³/mol. The summed E-state index contributed by atoms with van der Waals surface area (Å²) < 4.78 is 0. The SMILES string of the molecule is Cc1cc(C(=O)NCCN)ccc1NC(=O)c1ccc(C(C)(C)C)cc1. The Hall–Kier alpha value is -2.66. The maximum atomic E-state index is 12.5. The monoisotopic (exact) mass is 353 g/mol. The summed E-state index contributed by atoms with van der Waals surface area (Å²) in [6, 6.07) is 12.8. The number of amides is 2. The minimum Gasteiger partial charge on any atom is -0.351 e. The van der Waals surface area contributed by atoms with Gasteiger partial charge in [0, 0.05) is 29.9 Å². The lowest BCUT2D eigenvalue weighted by molar-refractivity contribution is 0.0954. The van der Waals surface area contributed by atoms with Crippen molar-refractivity contribution < 1.29 is 9.59 Å². The number of rotatable bonds is 5. The maximum absolute atomic E-state index is 12.5. The lowest BCUT2D eigenvalue weighted by Gasteiger charge is -2.19. The van der Waals surface area contributed by atoms with Crippen molar-refractivity contribution in [2.24, 2.45) is 5.73 Å².